The van der Waals surface area contributed by atoms with Gasteiger partial charge in [0.05, 0.1) is 16.7 Å². The van der Waals surface area contributed by atoms with E-state index in [1.54, 1.807) is 45.9 Å². The first kappa shape index (κ1) is 27.6. The van der Waals surface area contributed by atoms with Gasteiger partial charge in [-0.05, 0) is 61.4 Å². The van der Waals surface area contributed by atoms with Gasteiger partial charge in [0.1, 0.15) is 0 Å². The number of amides is 2. The number of hydrogen-bond donors (Lipinski definition) is 2. The van der Waals surface area contributed by atoms with Crippen molar-refractivity contribution in [2.75, 3.05) is 30.3 Å². The minimum Gasteiger partial charge on any atom is -0.459 e. The second-order valence-corrected chi connectivity index (χ2v) is 10.1. The van der Waals surface area contributed by atoms with Gasteiger partial charge in [-0.1, -0.05) is 26.0 Å². The standard InChI is InChI=1S/C26H29N3O7S/c1-5-29(6-2)37(33,34)20-12-10-18(4)22(15-20)27-24(30)16-36-26(32)19-11-9-17(3)21(14-19)28-25(31)23-8-7-13-35-23/h7-15H,5-6,16H2,1-4H3,(H,27,30)(H,28,31). The summed E-state index contributed by atoms with van der Waals surface area (Å²) in [6, 6.07) is 12.2. The van der Waals surface area contributed by atoms with Crippen molar-refractivity contribution in [3.8, 4) is 0 Å². The molecule has 2 aromatic carbocycles. The Bertz CT molecular complexity index is 1400. The van der Waals surface area contributed by atoms with Crippen LogP contribution >= 0.6 is 0 Å². The molecule has 196 valence electrons. The van der Waals surface area contributed by atoms with Crippen molar-refractivity contribution in [1.29, 1.82) is 0 Å². The molecule has 2 amide bonds. The van der Waals surface area contributed by atoms with E-state index >= 15 is 0 Å². The molecule has 0 aliphatic carbocycles. The number of ether oxygens (including phenoxy) is 1. The molecule has 0 aliphatic rings. The molecule has 2 N–H and O–H groups in total. The molecule has 1 heterocycles. The van der Waals surface area contributed by atoms with Crippen molar-refractivity contribution >= 4 is 39.2 Å². The minimum absolute atomic E-state index is 0.0536. The lowest BCUT2D eigenvalue weighted by atomic mass is 10.1. The van der Waals surface area contributed by atoms with Crippen molar-refractivity contribution in [1.82, 2.24) is 4.31 Å². The number of nitrogens with zero attached hydrogens (tertiary/aromatic N) is 1. The first-order chi connectivity index (χ1) is 17.6. The fraction of sp³-hybridized carbons (Fsp3) is 0.269. The summed E-state index contributed by atoms with van der Waals surface area (Å²) in [5.74, 6) is -1.75. The van der Waals surface area contributed by atoms with Gasteiger partial charge in [-0.2, -0.15) is 4.31 Å². The summed E-state index contributed by atoms with van der Waals surface area (Å²) in [5, 5.41) is 5.27. The fourth-order valence-corrected chi connectivity index (χ4v) is 4.97. The summed E-state index contributed by atoms with van der Waals surface area (Å²) in [6.07, 6.45) is 1.38. The van der Waals surface area contributed by atoms with Gasteiger partial charge in [-0.3, -0.25) is 9.59 Å². The maximum Gasteiger partial charge on any atom is 0.338 e. The monoisotopic (exact) mass is 527 g/mol. The second kappa shape index (κ2) is 11.8. The topological polar surface area (TPSA) is 135 Å². The van der Waals surface area contributed by atoms with E-state index in [1.165, 1.54) is 40.9 Å². The van der Waals surface area contributed by atoms with Gasteiger partial charge in [0, 0.05) is 24.5 Å². The molecule has 0 saturated heterocycles. The van der Waals surface area contributed by atoms with E-state index in [4.69, 9.17) is 9.15 Å². The third-order valence-corrected chi connectivity index (χ3v) is 7.67. The molecule has 0 saturated carbocycles. The molecule has 3 aromatic rings. The molecule has 0 aliphatic heterocycles. The SMILES string of the molecule is CCN(CC)S(=O)(=O)c1ccc(C)c(NC(=O)COC(=O)c2ccc(C)c(NC(=O)c3ccco3)c2)c1. The van der Waals surface area contributed by atoms with Gasteiger partial charge < -0.3 is 19.8 Å². The normalized spacial score (nSPS) is 11.3. The minimum atomic E-state index is -3.71. The molecule has 0 atom stereocenters. The van der Waals surface area contributed by atoms with Crippen molar-refractivity contribution in [2.24, 2.45) is 0 Å². The molecule has 10 nitrogen and oxygen atoms in total. The molecular weight excluding hydrogens is 498 g/mol. The lowest BCUT2D eigenvalue weighted by Gasteiger charge is -2.19. The van der Waals surface area contributed by atoms with Gasteiger partial charge in [0.2, 0.25) is 10.0 Å². The lowest BCUT2D eigenvalue weighted by Crippen LogP contribution is -2.30. The molecule has 0 spiro atoms. The van der Waals surface area contributed by atoms with Crippen LogP contribution in [0, 0.1) is 13.8 Å². The first-order valence-electron chi connectivity index (χ1n) is 11.6. The van der Waals surface area contributed by atoms with E-state index < -0.39 is 34.4 Å². The van der Waals surface area contributed by atoms with Crippen LogP contribution in [-0.2, 0) is 19.6 Å². The van der Waals surface area contributed by atoms with Crippen LogP contribution in [0.4, 0.5) is 11.4 Å². The lowest BCUT2D eigenvalue weighted by molar-refractivity contribution is -0.119. The maximum atomic E-state index is 12.8. The third kappa shape index (κ3) is 6.63. The van der Waals surface area contributed by atoms with Crippen LogP contribution in [-0.4, -0.2) is 50.2 Å². The van der Waals surface area contributed by atoms with E-state index in [0.29, 0.717) is 35.6 Å². The van der Waals surface area contributed by atoms with E-state index in [2.05, 4.69) is 10.6 Å². The molecule has 0 bridgehead atoms. The van der Waals surface area contributed by atoms with Gasteiger partial charge in [0.25, 0.3) is 11.8 Å². The van der Waals surface area contributed by atoms with Crippen LogP contribution in [0.2, 0.25) is 0 Å². The highest BCUT2D eigenvalue weighted by Gasteiger charge is 2.23. The summed E-state index contributed by atoms with van der Waals surface area (Å²) < 4.78 is 37.2. The zero-order valence-corrected chi connectivity index (χ0v) is 21.8. The van der Waals surface area contributed by atoms with Crippen LogP contribution in [0.1, 0.15) is 45.9 Å². The molecule has 37 heavy (non-hydrogen) atoms. The number of furan rings is 1. The number of rotatable bonds is 10. The fourth-order valence-electron chi connectivity index (χ4n) is 3.48. The predicted octanol–water partition coefficient (Wildman–Crippen LogP) is 3.97. The van der Waals surface area contributed by atoms with Crippen LogP contribution < -0.4 is 10.6 Å². The molecular formula is C26H29N3O7S. The van der Waals surface area contributed by atoms with E-state index in [9.17, 15) is 22.8 Å². The molecule has 0 radical (unpaired) electrons. The highest BCUT2D eigenvalue weighted by Crippen LogP contribution is 2.23. The number of benzene rings is 2. The summed E-state index contributed by atoms with van der Waals surface area (Å²) >= 11 is 0. The molecule has 1 aromatic heterocycles. The summed E-state index contributed by atoms with van der Waals surface area (Å²) in [4.78, 5) is 37.4. The smallest absolute Gasteiger partial charge is 0.338 e. The van der Waals surface area contributed by atoms with Gasteiger partial charge in [0.15, 0.2) is 12.4 Å². The number of hydrogen-bond acceptors (Lipinski definition) is 7. The van der Waals surface area contributed by atoms with Crippen molar-refractivity contribution < 1.29 is 32.0 Å². The van der Waals surface area contributed by atoms with Gasteiger partial charge in [-0.25, -0.2) is 13.2 Å². The van der Waals surface area contributed by atoms with Crippen molar-refractivity contribution in [3.05, 3.63) is 77.2 Å². The molecule has 11 heteroatoms. The van der Waals surface area contributed by atoms with Crippen LogP contribution in [0.25, 0.3) is 0 Å². The number of nitrogens with one attached hydrogen (secondary N) is 2. The number of carbonyl (C=O) groups is 3. The molecule has 0 fully saturated rings. The quantitative estimate of drug-likeness (QED) is 0.381. The Kier molecular flexibility index (Phi) is 8.85. The number of carbonyl (C=O) groups excluding carboxylic acids is 3. The van der Waals surface area contributed by atoms with E-state index in [1.807, 2.05) is 0 Å². The average Bonchev–Trinajstić information content (AvgIpc) is 3.41. The Morgan fingerprint density at radius 2 is 1.57 bits per heavy atom. The first-order valence-corrected chi connectivity index (χ1v) is 13.0. The summed E-state index contributed by atoms with van der Waals surface area (Å²) in [5.41, 5.74) is 2.18. The summed E-state index contributed by atoms with van der Waals surface area (Å²) in [7, 11) is -3.71. The molecule has 3 rings (SSSR count). The summed E-state index contributed by atoms with van der Waals surface area (Å²) in [6.45, 7) is 7.02. The van der Waals surface area contributed by atoms with E-state index in [0.717, 1.165) is 0 Å². The zero-order valence-electron chi connectivity index (χ0n) is 21.0. The van der Waals surface area contributed by atoms with Crippen LogP contribution in [0.15, 0.2) is 64.1 Å². The number of anilines is 2. The maximum absolute atomic E-state index is 12.8. The largest absolute Gasteiger partial charge is 0.459 e. The van der Waals surface area contributed by atoms with Crippen LogP contribution in [0.5, 0.6) is 0 Å². The zero-order chi connectivity index (χ0) is 27.2. The Hall–Kier alpha value is -3.96. The molecule has 0 unspecified atom stereocenters. The highest BCUT2D eigenvalue weighted by atomic mass is 32.2. The Labute approximate surface area is 215 Å². The Morgan fingerprint density at radius 3 is 2.19 bits per heavy atom. The van der Waals surface area contributed by atoms with Crippen LogP contribution in [0.3, 0.4) is 0 Å². The van der Waals surface area contributed by atoms with E-state index in [-0.39, 0.29) is 16.2 Å². The Morgan fingerprint density at radius 1 is 0.919 bits per heavy atom. The average molecular weight is 528 g/mol. The Balaban J connectivity index is 1.66. The van der Waals surface area contributed by atoms with Crippen molar-refractivity contribution in [2.45, 2.75) is 32.6 Å². The number of sulfonamides is 1. The predicted molar refractivity (Wildman–Crippen MR) is 138 cm³/mol. The van der Waals surface area contributed by atoms with Crippen molar-refractivity contribution in [3.63, 3.8) is 0 Å². The number of aryl methyl sites for hydroxylation is 2. The van der Waals surface area contributed by atoms with Gasteiger partial charge >= 0.3 is 5.97 Å². The third-order valence-electron chi connectivity index (χ3n) is 5.63. The number of esters is 1. The highest BCUT2D eigenvalue weighted by molar-refractivity contribution is 7.89. The van der Waals surface area contributed by atoms with Gasteiger partial charge in [-0.15, -0.1) is 0 Å². The second-order valence-electron chi connectivity index (χ2n) is 8.15.